The van der Waals surface area contributed by atoms with Crippen LogP contribution < -0.4 is 10.1 Å². The van der Waals surface area contributed by atoms with Crippen molar-refractivity contribution < 1.29 is 13.9 Å². The van der Waals surface area contributed by atoms with E-state index in [4.69, 9.17) is 16.3 Å². The van der Waals surface area contributed by atoms with Crippen LogP contribution in [0.5, 0.6) is 5.75 Å². The lowest BCUT2D eigenvalue weighted by Gasteiger charge is -2.07. The fraction of sp³-hybridized carbons (Fsp3) is 0.130. The van der Waals surface area contributed by atoms with E-state index in [1.165, 1.54) is 23.5 Å². The summed E-state index contributed by atoms with van der Waals surface area (Å²) in [4.78, 5) is 13.2. The molecule has 0 atom stereocenters. The smallest absolute Gasteiger partial charge is 0.266 e. The standard InChI is InChI=1S/C23H19ClFN3O2S/c1-15-4-2-3-5-20(15)30-13-17-10-21(31-14-17)23(29)26-22-19(24)12-28(27-22)11-16-6-8-18(25)9-7-16/h2-10,12,14H,11,13H2,1H3,(H,26,27,29). The summed E-state index contributed by atoms with van der Waals surface area (Å²) in [6.07, 6.45) is 1.62. The predicted molar refractivity (Wildman–Crippen MR) is 121 cm³/mol. The number of ether oxygens (including phenoxy) is 1. The van der Waals surface area contributed by atoms with E-state index in [1.807, 2.05) is 36.6 Å². The van der Waals surface area contributed by atoms with Crippen molar-refractivity contribution in [1.29, 1.82) is 0 Å². The second-order valence-corrected chi connectivity index (χ2v) is 8.30. The highest BCUT2D eigenvalue weighted by molar-refractivity contribution is 7.12. The summed E-state index contributed by atoms with van der Waals surface area (Å²) in [5.74, 6) is 0.508. The third kappa shape index (κ3) is 5.31. The number of carbonyl (C=O) groups excluding carboxylic acids is 1. The normalized spacial score (nSPS) is 10.8. The molecule has 158 valence electrons. The second-order valence-electron chi connectivity index (χ2n) is 6.98. The maximum absolute atomic E-state index is 13.1. The number of halogens is 2. The van der Waals surface area contributed by atoms with E-state index in [2.05, 4.69) is 10.4 Å². The first kappa shape index (κ1) is 21.1. The van der Waals surface area contributed by atoms with E-state index >= 15 is 0 Å². The van der Waals surface area contributed by atoms with E-state index in [9.17, 15) is 9.18 Å². The largest absolute Gasteiger partial charge is 0.489 e. The molecule has 2 aromatic carbocycles. The van der Waals surface area contributed by atoms with E-state index in [1.54, 1.807) is 29.1 Å². The quantitative estimate of drug-likeness (QED) is 0.376. The van der Waals surface area contributed by atoms with Crippen molar-refractivity contribution in [3.05, 3.63) is 98.6 Å². The monoisotopic (exact) mass is 455 g/mol. The fourth-order valence-electron chi connectivity index (χ4n) is 2.96. The fourth-order valence-corrected chi connectivity index (χ4v) is 3.95. The number of aromatic nitrogens is 2. The number of aryl methyl sites for hydroxylation is 1. The van der Waals surface area contributed by atoms with Crippen molar-refractivity contribution in [3.8, 4) is 5.75 Å². The molecule has 5 nitrogen and oxygen atoms in total. The van der Waals surface area contributed by atoms with Crippen LogP contribution in [0.4, 0.5) is 10.2 Å². The first-order chi connectivity index (χ1) is 15.0. The van der Waals surface area contributed by atoms with Crippen molar-refractivity contribution in [1.82, 2.24) is 9.78 Å². The molecular formula is C23H19ClFN3O2S. The maximum Gasteiger partial charge on any atom is 0.266 e. The predicted octanol–water partition coefficient (Wildman–Crippen LogP) is 5.93. The number of carbonyl (C=O) groups is 1. The third-order valence-electron chi connectivity index (χ3n) is 4.57. The summed E-state index contributed by atoms with van der Waals surface area (Å²) in [6.45, 7) is 2.78. The number of amides is 1. The number of anilines is 1. The number of rotatable bonds is 7. The van der Waals surface area contributed by atoms with Crippen LogP contribution in [0.15, 0.2) is 66.2 Å². The summed E-state index contributed by atoms with van der Waals surface area (Å²) >= 11 is 7.56. The van der Waals surface area contributed by atoms with Gasteiger partial charge >= 0.3 is 0 Å². The highest BCUT2D eigenvalue weighted by Crippen LogP contribution is 2.24. The number of benzene rings is 2. The Labute approximate surface area is 188 Å². The zero-order chi connectivity index (χ0) is 21.8. The summed E-state index contributed by atoms with van der Waals surface area (Å²) in [7, 11) is 0. The lowest BCUT2D eigenvalue weighted by atomic mass is 10.2. The molecule has 4 aromatic rings. The van der Waals surface area contributed by atoms with Gasteiger partial charge in [-0.25, -0.2) is 4.39 Å². The zero-order valence-corrected chi connectivity index (χ0v) is 18.2. The van der Waals surface area contributed by atoms with Crippen LogP contribution in [0.3, 0.4) is 0 Å². The van der Waals surface area contributed by atoms with Crippen LogP contribution >= 0.6 is 22.9 Å². The van der Waals surface area contributed by atoms with Gasteiger partial charge in [-0.15, -0.1) is 11.3 Å². The first-order valence-electron chi connectivity index (χ1n) is 9.52. The van der Waals surface area contributed by atoms with E-state index in [-0.39, 0.29) is 17.5 Å². The Morgan fingerprint density at radius 2 is 1.97 bits per heavy atom. The number of para-hydroxylation sites is 1. The Balaban J connectivity index is 1.38. The average molecular weight is 456 g/mol. The minimum atomic E-state index is -0.296. The average Bonchev–Trinajstić information content (AvgIpc) is 3.36. The van der Waals surface area contributed by atoms with Crippen molar-refractivity contribution in [2.45, 2.75) is 20.1 Å². The molecule has 0 saturated heterocycles. The van der Waals surface area contributed by atoms with E-state index < -0.39 is 0 Å². The van der Waals surface area contributed by atoms with Gasteiger partial charge in [0, 0.05) is 11.8 Å². The molecule has 0 aliphatic rings. The van der Waals surface area contributed by atoms with Crippen molar-refractivity contribution in [3.63, 3.8) is 0 Å². The minimum absolute atomic E-state index is 0.278. The van der Waals surface area contributed by atoms with Crippen molar-refractivity contribution in [2.75, 3.05) is 5.32 Å². The van der Waals surface area contributed by atoms with E-state index in [0.29, 0.717) is 23.1 Å². The van der Waals surface area contributed by atoms with Crippen LogP contribution in [0.2, 0.25) is 5.02 Å². The molecule has 1 N–H and O–H groups in total. The topological polar surface area (TPSA) is 56.1 Å². The summed E-state index contributed by atoms with van der Waals surface area (Å²) < 4.78 is 20.5. The second kappa shape index (κ2) is 9.32. The van der Waals surface area contributed by atoms with Crippen molar-refractivity contribution in [2.24, 2.45) is 0 Å². The van der Waals surface area contributed by atoms with Crippen LogP contribution in [0, 0.1) is 12.7 Å². The van der Waals surface area contributed by atoms with Gasteiger partial charge in [0.2, 0.25) is 0 Å². The summed E-state index contributed by atoms with van der Waals surface area (Å²) in [5, 5.41) is 9.29. The minimum Gasteiger partial charge on any atom is -0.489 e. The first-order valence-corrected chi connectivity index (χ1v) is 10.8. The van der Waals surface area contributed by atoms with Gasteiger partial charge in [-0.1, -0.05) is 41.9 Å². The number of hydrogen-bond acceptors (Lipinski definition) is 4. The molecule has 2 aromatic heterocycles. The molecule has 0 aliphatic carbocycles. The Bertz CT molecular complexity index is 1200. The van der Waals surface area contributed by atoms with Gasteiger partial charge in [0.05, 0.1) is 11.4 Å². The lowest BCUT2D eigenvalue weighted by molar-refractivity contribution is 0.103. The zero-order valence-electron chi connectivity index (χ0n) is 16.6. The van der Waals surface area contributed by atoms with Crippen LogP contribution in [-0.2, 0) is 13.2 Å². The molecule has 0 bridgehead atoms. The lowest BCUT2D eigenvalue weighted by Crippen LogP contribution is -2.11. The molecule has 0 unspecified atom stereocenters. The molecular weight excluding hydrogens is 437 g/mol. The Morgan fingerprint density at radius 1 is 1.19 bits per heavy atom. The van der Waals surface area contributed by atoms with Gasteiger partial charge in [-0.3, -0.25) is 9.48 Å². The molecule has 4 rings (SSSR count). The Kier molecular flexibility index (Phi) is 6.34. The van der Waals surface area contributed by atoms with Crippen LogP contribution in [-0.4, -0.2) is 15.7 Å². The van der Waals surface area contributed by atoms with Crippen LogP contribution in [0.1, 0.15) is 26.4 Å². The maximum atomic E-state index is 13.1. The Morgan fingerprint density at radius 3 is 2.74 bits per heavy atom. The third-order valence-corrected chi connectivity index (χ3v) is 5.83. The van der Waals surface area contributed by atoms with Gasteiger partial charge in [0.25, 0.3) is 5.91 Å². The molecule has 0 aliphatic heterocycles. The SMILES string of the molecule is Cc1ccccc1OCc1csc(C(=O)Nc2nn(Cc3ccc(F)cc3)cc2Cl)c1. The van der Waals surface area contributed by atoms with Gasteiger partial charge in [-0.05, 0) is 47.7 Å². The number of thiophene rings is 1. The summed E-state index contributed by atoms with van der Waals surface area (Å²) in [5.41, 5.74) is 2.84. The number of nitrogens with one attached hydrogen (secondary N) is 1. The molecule has 0 radical (unpaired) electrons. The van der Waals surface area contributed by atoms with Gasteiger partial charge < -0.3 is 10.1 Å². The highest BCUT2D eigenvalue weighted by Gasteiger charge is 2.15. The molecule has 0 saturated carbocycles. The molecule has 0 fully saturated rings. The Hall–Kier alpha value is -3.16. The molecule has 1 amide bonds. The van der Waals surface area contributed by atoms with Gasteiger partial charge in [-0.2, -0.15) is 5.10 Å². The molecule has 31 heavy (non-hydrogen) atoms. The molecule has 2 heterocycles. The molecule has 0 spiro atoms. The number of nitrogens with zero attached hydrogens (tertiary/aromatic N) is 2. The van der Waals surface area contributed by atoms with Gasteiger partial charge in [0.1, 0.15) is 23.2 Å². The van der Waals surface area contributed by atoms with Gasteiger partial charge in [0.15, 0.2) is 5.82 Å². The van der Waals surface area contributed by atoms with Crippen molar-refractivity contribution >= 4 is 34.7 Å². The summed E-state index contributed by atoms with van der Waals surface area (Å²) in [6, 6.07) is 15.7. The highest BCUT2D eigenvalue weighted by atomic mass is 35.5. The molecule has 8 heteroatoms. The number of hydrogen-bond donors (Lipinski definition) is 1. The van der Waals surface area contributed by atoms with Crippen LogP contribution in [0.25, 0.3) is 0 Å². The van der Waals surface area contributed by atoms with E-state index in [0.717, 1.165) is 22.4 Å².